The smallest absolute Gasteiger partial charge is 0.142 e. The van der Waals surface area contributed by atoms with E-state index in [4.69, 9.17) is 15.7 Å². The summed E-state index contributed by atoms with van der Waals surface area (Å²) in [6, 6.07) is 6.19. The Kier molecular flexibility index (Phi) is 4.59. The first-order valence-electron chi connectivity index (χ1n) is 6.05. The molecule has 1 rings (SSSR count). The van der Waals surface area contributed by atoms with E-state index in [0.29, 0.717) is 13.0 Å². The Morgan fingerprint density at radius 2 is 2.06 bits per heavy atom. The third kappa shape index (κ3) is 3.95. The fraction of sp³-hybridized carbons (Fsp3) is 0.500. The summed E-state index contributed by atoms with van der Waals surface area (Å²) in [6.45, 7) is 8.88. The molecule has 0 saturated heterocycles. The summed E-state index contributed by atoms with van der Waals surface area (Å²) in [5, 5.41) is 11.4. The molecular weight excluding hydrogens is 228 g/mol. The predicted octanol–water partition coefficient (Wildman–Crippen LogP) is 2.81. The molecule has 0 saturated carbocycles. The monoisotopic (exact) mass is 250 g/mol. The van der Waals surface area contributed by atoms with Crippen molar-refractivity contribution in [1.29, 1.82) is 0 Å². The van der Waals surface area contributed by atoms with Crippen molar-refractivity contribution >= 4 is 5.84 Å². The molecule has 0 fully saturated rings. The van der Waals surface area contributed by atoms with Crippen LogP contribution in [-0.4, -0.2) is 17.6 Å². The van der Waals surface area contributed by atoms with Crippen LogP contribution in [0.1, 0.15) is 38.3 Å². The van der Waals surface area contributed by atoms with Crippen LogP contribution in [0.4, 0.5) is 0 Å². The summed E-state index contributed by atoms with van der Waals surface area (Å²) in [6.07, 6.45) is 0.411. The van der Waals surface area contributed by atoms with Crippen molar-refractivity contribution in [2.45, 2.75) is 39.5 Å². The van der Waals surface area contributed by atoms with Gasteiger partial charge in [-0.3, -0.25) is 0 Å². The lowest BCUT2D eigenvalue weighted by Gasteiger charge is -2.23. The Labute approximate surface area is 108 Å². The molecule has 3 N–H and O–H groups in total. The van der Waals surface area contributed by atoms with Gasteiger partial charge in [0.1, 0.15) is 11.6 Å². The molecule has 0 spiro atoms. The van der Waals surface area contributed by atoms with Crippen LogP contribution in [0.3, 0.4) is 0 Å². The lowest BCUT2D eigenvalue weighted by molar-refractivity contribution is 0.302. The van der Waals surface area contributed by atoms with E-state index in [2.05, 4.69) is 38.1 Å². The molecule has 100 valence electrons. The predicted molar refractivity (Wildman–Crippen MR) is 73.4 cm³/mol. The Morgan fingerprint density at radius 3 is 2.61 bits per heavy atom. The van der Waals surface area contributed by atoms with Gasteiger partial charge in [-0.1, -0.05) is 38.1 Å². The number of benzene rings is 1. The van der Waals surface area contributed by atoms with E-state index < -0.39 is 0 Å². The van der Waals surface area contributed by atoms with E-state index in [-0.39, 0.29) is 11.3 Å². The second kappa shape index (κ2) is 5.76. The third-order valence-corrected chi connectivity index (χ3v) is 2.69. The highest BCUT2D eigenvalue weighted by molar-refractivity contribution is 5.79. The van der Waals surface area contributed by atoms with Gasteiger partial charge >= 0.3 is 0 Å². The first-order chi connectivity index (χ1) is 8.34. The normalized spacial score (nSPS) is 12.6. The Hall–Kier alpha value is -1.71. The van der Waals surface area contributed by atoms with Crippen LogP contribution < -0.4 is 10.5 Å². The lowest BCUT2D eigenvalue weighted by Crippen LogP contribution is -2.17. The number of nitrogens with two attached hydrogens (primary N) is 1. The Morgan fingerprint density at radius 1 is 1.39 bits per heavy atom. The zero-order chi connectivity index (χ0) is 13.8. The molecule has 18 heavy (non-hydrogen) atoms. The second-order valence-electron chi connectivity index (χ2n) is 5.44. The molecule has 0 aliphatic heterocycles. The minimum absolute atomic E-state index is 0.0274. The fourth-order valence-electron chi connectivity index (χ4n) is 1.68. The maximum atomic E-state index is 8.47. The van der Waals surface area contributed by atoms with Gasteiger partial charge < -0.3 is 15.7 Å². The van der Waals surface area contributed by atoms with E-state index in [1.54, 1.807) is 0 Å². The summed E-state index contributed by atoms with van der Waals surface area (Å²) < 4.78 is 5.75. The van der Waals surface area contributed by atoms with Crippen molar-refractivity contribution in [3.05, 3.63) is 29.3 Å². The zero-order valence-corrected chi connectivity index (χ0v) is 11.5. The summed E-state index contributed by atoms with van der Waals surface area (Å²) in [5.74, 6) is 1.05. The number of hydrogen-bond donors (Lipinski definition) is 2. The molecule has 0 bridgehead atoms. The molecule has 1 aromatic carbocycles. The van der Waals surface area contributed by atoms with E-state index >= 15 is 0 Å². The molecule has 0 unspecified atom stereocenters. The maximum absolute atomic E-state index is 8.47. The van der Waals surface area contributed by atoms with Crippen molar-refractivity contribution in [2.24, 2.45) is 10.9 Å². The quantitative estimate of drug-likeness (QED) is 0.374. The summed E-state index contributed by atoms with van der Waals surface area (Å²) in [4.78, 5) is 0. The molecule has 4 heteroatoms. The molecule has 1 aromatic rings. The minimum atomic E-state index is 0.0274. The van der Waals surface area contributed by atoms with Gasteiger partial charge in [-0.15, -0.1) is 0 Å². The first-order valence-corrected chi connectivity index (χ1v) is 6.05. The number of amidine groups is 1. The van der Waals surface area contributed by atoms with Crippen LogP contribution in [0.25, 0.3) is 0 Å². The van der Waals surface area contributed by atoms with Gasteiger partial charge in [-0.2, -0.15) is 0 Å². The second-order valence-corrected chi connectivity index (χ2v) is 5.44. The van der Waals surface area contributed by atoms with Gasteiger partial charge in [-0.05, 0) is 29.5 Å². The fourth-order valence-corrected chi connectivity index (χ4v) is 1.68. The van der Waals surface area contributed by atoms with E-state index in [9.17, 15) is 0 Å². The molecule has 0 amide bonds. The SMILES string of the molecule is Cc1ccc(C(C)(C)C)c(OCC/C(N)=N/O)c1. The largest absolute Gasteiger partial charge is 0.493 e. The minimum Gasteiger partial charge on any atom is -0.493 e. The molecule has 4 nitrogen and oxygen atoms in total. The number of rotatable bonds is 4. The number of hydrogen-bond acceptors (Lipinski definition) is 3. The standard InChI is InChI=1S/C14H22N2O2/c1-10-5-6-11(14(2,3)4)12(9-10)18-8-7-13(15)16-17/h5-6,9,17H,7-8H2,1-4H3,(H2,15,16). The highest BCUT2D eigenvalue weighted by Gasteiger charge is 2.18. The molecule has 0 atom stereocenters. The van der Waals surface area contributed by atoms with Gasteiger partial charge in [0.15, 0.2) is 0 Å². The number of ether oxygens (including phenoxy) is 1. The molecule has 0 aromatic heterocycles. The third-order valence-electron chi connectivity index (χ3n) is 2.69. The molecule has 0 aliphatic rings. The number of nitrogens with zero attached hydrogens (tertiary/aromatic N) is 1. The summed E-state index contributed by atoms with van der Waals surface area (Å²) in [7, 11) is 0. The molecule has 0 radical (unpaired) electrons. The van der Waals surface area contributed by atoms with Crippen molar-refractivity contribution in [3.63, 3.8) is 0 Å². The van der Waals surface area contributed by atoms with Crippen LogP contribution in [0.5, 0.6) is 5.75 Å². The van der Waals surface area contributed by atoms with Gasteiger partial charge in [0.25, 0.3) is 0 Å². The van der Waals surface area contributed by atoms with Crippen LogP contribution in [0.15, 0.2) is 23.4 Å². The Bertz CT molecular complexity index is 434. The first kappa shape index (κ1) is 14.4. The average Bonchev–Trinajstić information content (AvgIpc) is 2.27. The van der Waals surface area contributed by atoms with Crippen molar-refractivity contribution in [2.75, 3.05) is 6.61 Å². The van der Waals surface area contributed by atoms with Gasteiger partial charge in [0.2, 0.25) is 0 Å². The van der Waals surface area contributed by atoms with Crippen molar-refractivity contribution in [3.8, 4) is 5.75 Å². The van der Waals surface area contributed by atoms with Gasteiger partial charge in [0, 0.05) is 6.42 Å². The highest BCUT2D eigenvalue weighted by atomic mass is 16.5. The van der Waals surface area contributed by atoms with Crippen LogP contribution in [0, 0.1) is 6.92 Å². The van der Waals surface area contributed by atoms with Crippen LogP contribution in [-0.2, 0) is 5.41 Å². The van der Waals surface area contributed by atoms with Gasteiger partial charge in [0.05, 0.1) is 6.61 Å². The number of aryl methyl sites for hydroxylation is 1. The van der Waals surface area contributed by atoms with E-state index in [1.807, 2.05) is 13.0 Å². The molecule has 0 aliphatic carbocycles. The van der Waals surface area contributed by atoms with E-state index in [1.165, 1.54) is 0 Å². The van der Waals surface area contributed by atoms with Crippen LogP contribution >= 0.6 is 0 Å². The maximum Gasteiger partial charge on any atom is 0.142 e. The summed E-state index contributed by atoms with van der Waals surface area (Å²) >= 11 is 0. The zero-order valence-electron chi connectivity index (χ0n) is 11.5. The number of oxime groups is 1. The topological polar surface area (TPSA) is 67.8 Å². The highest BCUT2D eigenvalue weighted by Crippen LogP contribution is 2.32. The lowest BCUT2D eigenvalue weighted by atomic mass is 9.86. The van der Waals surface area contributed by atoms with Crippen molar-refractivity contribution < 1.29 is 9.94 Å². The van der Waals surface area contributed by atoms with Crippen LogP contribution in [0.2, 0.25) is 0 Å². The van der Waals surface area contributed by atoms with Gasteiger partial charge in [-0.25, -0.2) is 0 Å². The molecule has 0 heterocycles. The van der Waals surface area contributed by atoms with E-state index in [0.717, 1.165) is 16.9 Å². The summed E-state index contributed by atoms with van der Waals surface area (Å²) in [5.41, 5.74) is 7.75. The molecular formula is C14H22N2O2. The van der Waals surface area contributed by atoms with Crippen molar-refractivity contribution in [1.82, 2.24) is 0 Å². The average molecular weight is 250 g/mol. The Balaban J connectivity index is 2.83.